The van der Waals surface area contributed by atoms with Crippen LogP contribution in [-0.4, -0.2) is 122 Å². The van der Waals surface area contributed by atoms with Crippen LogP contribution in [0.1, 0.15) is 44.9 Å². The summed E-state index contributed by atoms with van der Waals surface area (Å²) in [7, 11) is 4.10. The predicted molar refractivity (Wildman–Crippen MR) is 145 cm³/mol. The summed E-state index contributed by atoms with van der Waals surface area (Å²) >= 11 is 0. The van der Waals surface area contributed by atoms with Gasteiger partial charge in [0.1, 0.15) is 24.6 Å². The van der Waals surface area contributed by atoms with Crippen molar-refractivity contribution in [2.45, 2.75) is 75.5 Å². The summed E-state index contributed by atoms with van der Waals surface area (Å²) in [5, 5.41) is 7.09. The van der Waals surface area contributed by atoms with Gasteiger partial charge >= 0.3 is 6.18 Å². The average molecular weight is 552 g/mol. The summed E-state index contributed by atoms with van der Waals surface area (Å²) in [6.45, 7) is 2.72. The number of fused-ring (bicyclic) bond motifs is 1. The molecule has 216 valence electrons. The van der Waals surface area contributed by atoms with Gasteiger partial charge in [-0.3, -0.25) is 24.6 Å². The summed E-state index contributed by atoms with van der Waals surface area (Å²) in [6.07, 6.45) is 3.82. The highest BCUT2D eigenvalue weighted by Gasteiger charge is 2.38. The number of amides is 1. The quantitative estimate of drug-likeness (QED) is 0.524. The number of nitrogens with zero attached hydrogens (tertiary/aromatic N) is 7. The number of halogens is 3. The predicted octanol–water partition coefficient (Wildman–Crippen LogP) is 1.74. The Balaban J connectivity index is 1.06. The molecule has 2 fully saturated rings. The largest absolute Gasteiger partial charge is 0.397 e. The van der Waals surface area contributed by atoms with Gasteiger partial charge in [0.25, 0.3) is 0 Å². The van der Waals surface area contributed by atoms with Gasteiger partial charge in [0.15, 0.2) is 5.96 Å². The molecule has 6 atom stereocenters. The molecule has 0 bridgehead atoms. The number of nitrogens with one attached hydrogen (secondary N) is 2. The number of hydrogen-bond donors (Lipinski definition) is 2. The third-order valence-electron chi connectivity index (χ3n) is 8.39. The van der Waals surface area contributed by atoms with E-state index in [-0.39, 0.29) is 24.4 Å². The minimum absolute atomic E-state index is 0.0613. The SMILES string of the molecule is CN(C)C1CC=NC(C2CCC3N=C(NC4CC(CN5CCN(C(=O)CC(F)(F)F)CC5)CC=N4)NC3C2)=N1. The third kappa shape index (κ3) is 7.36. The van der Waals surface area contributed by atoms with Crippen LogP contribution in [0.15, 0.2) is 20.0 Å². The molecule has 0 aromatic carbocycles. The average Bonchev–Trinajstić information content (AvgIpc) is 3.30. The highest BCUT2D eigenvalue weighted by atomic mass is 19.4. The molecule has 4 heterocycles. The zero-order valence-electron chi connectivity index (χ0n) is 22.8. The monoisotopic (exact) mass is 551 g/mol. The molecule has 1 aliphatic carbocycles. The fraction of sp³-hybridized carbons (Fsp3) is 0.808. The Morgan fingerprint density at radius 1 is 1.10 bits per heavy atom. The molecule has 0 radical (unpaired) electrons. The lowest BCUT2D eigenvalue weighted by atomic mass is 9.82. The molecule has 5 aliphatic rings. The molecule has 1 amide bonds. The smallest absolute Gasteiger partial charge is 0.351 e. The summed E-state index contributed by atoms with van der Waals surface area (Å²) in [5.41, 5.74) is 0. The van der Waals surface area contributed by atoms with E-state index < -0.39 is 18.5 Å². The van der Waals surface area contributed by atoms with E-state index in [4.69, 9.17) is 9.98 Å². The molecule has 4 aliphatic heterocycles. The van der Waals surface area contributed by atoms with Crippen molar-refractivity contribution in [3.05, 3.63) is 0 Å². The number of carbonyl (C=O) groups is 1. The summed E-state index contributed by atoms with van der Waals surface area (Å²) in [6, 6.07) is 0.518. The summed E-state index contributed by atoms with van der Waals surface area (Å²) in [5.74, 6) is 1.68. The van der Waals surface area contributed by atoms with E-state index in [1.165, 1.54) is 4.90 Å². The number of piperazine rings is 1. The zero-order chi connectivity index (χ0) is 27.6. The van der Waals surface area contributed by atoms with E-state index in [0.29, 0.717) is 38.0 Å². The lowest BCUT2D eigenvalue weighted by Gasteiger charge is -2.37. The first kappa shape index (κ1) is 28.0. The Bertz CT molecular complexity index is 1000. The molecule has 1 saturated heterocycles. The van der Waals surface area contributed by atoms with E-state index in [1.807, 2.05) is 12.4 Å². The second-order valence-corrected chi connectivity index (χ2v) is 11.6. The third-order valence-corrected chi connectivity index (χ3v) is 8.39. The van der Waals surface area contributed by atoms with E-state index in [1.54, 1.807) is 0 Å². The molecule has 6 unspecified atom stereocenters. The maximum absolute atomic E-state index is 12.5. The van der Waals surface area contributed by atoms with Gasteiger partial charge in [-0.05, 0) is 52.1 Å². The van der Waals surface area contributed by atoms with Crippen LogP contribution in [0.25, 0.3) is 0 Å². The van der Waals surface area contributed by atoms with Crippen molar-refractivity contribution >= 4 is 30.1 Å². The second-order valence-electron chi connectivity index (χ2n) is 11.6. The van der Waals surface area contributed by atoms with Crippen molar-refractivity contribution in [1.82, 2.24) is 25.3 Å². The molecule has 5 rings (SSSR count). The van der Waals surface area contributed by atoms with Crippen LogP contribution in [-0.2, 0) is 4.79 Å². The van der Waals surface area contributed by atoms with Gasteiger partial charge in [-0.15, -0.1) is 0 Å². The zero-order valence-corrected chi connectivity index (χ0v) is 22.8. The van der Waals surface area contributed by atoms with Crippen molar-refractivity contribution in [2.24, 2.45) is 31.8 Å². The second kappa shape index (κ2) is 11.9. The van der Waals surface area contributed by atoms with Crippen LogP contribution in [0, 0.1) is 11.8 Å². The maximum Gasteiger partial charge on any atom is 0.397 e. The summed E-state index contributed by atoms with van der Waals surface area (Å²) < 4.78 is 37.6. The van der Waals surface area contributed by atoms with Crippen molar-refractivity contribution in [1.29, 1.82) is 0 Å². The van der Waals surface area contributed by atoms with E-state index in [9.17, 15) is 18.0 Å². The van der Waals surface area contributed by atoms with Crippen molar-refractivity contribution in [3.63, 3.8) is 0 Å². The number of rotatable bonds is 6. The van der Waals surface area contributed by atoms with Crippen molar-refractivity contribution < 1.29 is 18.0 Å². The Hall–Kier alpha value is -2.54. The lowest BCUT2D eigenvalue weighted by Crippen LogP contribution is -2.51. The van der Waals surface area contributed by atoms with Crippen molar-refractivity contribution in [3.8, 4) is 0 Å². The molecule has 1 saturated carbocycles. The first-order valence-electron chi connectivity index (χ1n) is 14.1. The number of alkyl halides is 3. The molecular weight excluding hydrogens is 511 g/mol. The molecule has 0 aromatic rings. The van der Waals surface area contributed by atoms with Crippen molar-refractivity contribution in [2.75, 3.05) is 46.8 Å². The molecule has 0 spiro atoms. The Morgan fingerprint density at radius 3 is 2.64 bits per heavy atom. The fourth-order valence-electron chi connectivity index (χ4n) is 6.21. The standard InChI is InChI=1S/C26H40F3N9O/c1-36(2)22-6-8-31-24(35-22)18-3-4-19-20(14-18)33-25(32-19)34-21-13-17(5-7-30-21)16-37-9-11-38(12-10-37)23(39)15-26(27,28)29/h7-8,17-22H,3-6,9-16H2,1-2H3,(H2,32,33,34). The minimum Gasteiger partial charge on any atom is -0.351 e. The Morgan fingerprint density at radius 2 is 1.90 bits per heavy atom. The van der Waals surface area contributed by atoms with E-state index in [2.05, 4.69) is 44.5 Å². The molecule has 2 N–H and O–H groups in total. The number of aliphatic imine (C=N–C) groups is 4. The van der Waals surface area contributed by atoms with Gasteiger partial charge in [-0.1, -0.05) is 0 Å². The molecule has 0 aromatic heterocycles. The van der Waals surface area contributed by atoms with Gasteiger partial charge in [0, 0.05) is 57.5 Å². The molecular formula is C26H40F3N9O. The molecule has 39 heavy (non-hydrogen) atoms. The minimum atomic E-state index is -4.45. The van der Waals surface area contributed by atoms with Gasteiger partial charge in [-0.25, -0.2) is 9.98 Å². The molecule has 13 heteroatoms. The number of amidine groups is 1. The van der Waals surface area contributed by atoms with Gasteiger partial charge < -0.3 is 15.5 Å². The van der Waals surface area contributed by atoms with Crippen LogP contribution in [0.3, 0.4) is 0 Å². The van der Waals surface area contributed by atoms with Crippen LogP contribution in [0.5, 0.6) is 0 Å². The highest BCUT2D eigenvalue weighted by Crippen LogP contribution is 2.32. The van der Waals surface area contributed by atoms with Crippen LogP contribution < -0.4 is 10.6 Å². The van der Waals surface area contributed by atoms with Gasteiger partial charge in [-0.2, -0.15) is 13.2 Å². The van der Waals surface area contributed by atoms with Gasteiger partial charge in [0.05, 0.1) is 12.1 Å². The Labute approximate surface area is 227 Å². The number of carbonyl (C=O) groups excluding carboxylic acids is 1. The van der Waals surface area contributed by atoms with E-state index >= 15 is 0 Å². The van der Waals surface area contributed by atoms with E-state index in [0.717, 1.165) is 56.9 Å². The topological polar surface area (TPSA) is 100 Å². The van der Waals surface area contributed by atoms with Crippen LogP contribution in [0.2, 0.25) is 0 Å². The van der Waals surface area contributed by atoms with Crippen LogP contribution in [0.4, 0.5) is 13.2 Å². The first-order chi connectivity index (χ1) is 18.6. The lowest BCUT2D eigenvalue weighted by molar-refractivity contribution is -0.162. The fourth-order valence-corrected chi connectivity index (χ4v) is 6.21. The molecule has 10 nitrogen and oxygen atoms in total. The number of hydrogen-bond acceptors (Lipinski definition) is 9. The van der Waals surface area contributed by atoms with Crippen LogP contribution >= 0.6 is 0 Å². The maximum atomic E-state index is 12.5. The van der Waals surface area contributed by atoms with Gasteiger partial charge in [0.2, 0.25) is 5.91 Å². The Kier molecular flexibility index (Phi) is 8.55. The normalized spacial score (nSPS) is 33.4. The highest BCUT2D eigenvalue weighted by molar-refractivity contribution is 5.93. The summed E-state index contributed by atoms with van der Waals surface area (Å²) in [4.78, 5) is 36.7. The first-order valence-corrected chi connectivity index (χ1v) is 14.1. The number of guanidine groups is 1.